The van der Waals surface area contributed by atoms with Gasteiger partial charge in [0.2, 0.25) is 5.91 Å². The second-order valence-electron chi connectivity index (χ2n) is 4.57. The summed E-state index contributed by atoms with van der Waals surface area (Å²) in [6, 6.07) is 14.5. The van der Waals surface area contributed by atoms with Crippen LogP contribution in [0.3, 0.4) is 0 Å². The number of carbonyl (C=O) groups excluding carboxylic acids is 1. The quantitative estimate of drug-likeness (QED) is 0.907. The van der Waals surface area contributed by atoms with E-state index < -0.39 is 0 Å². The molecular formula is C16H14ClN3O. The van der Waals surface area contributed by atoms with Crippen molar-refractivity contribution >= 4 is 28.9 Å². The molecule has 0 radical (unpaired) electrons. The van der Waals surface area contributed by atoms with Crippen LogP contribution in [0.5, 0.6) is 0 Å². The van der Waals surface area contributed by atoms with Crippen LogP contribution in [0.25, 0.3) is 0 Å². The molecule has 0 unspecified atom stereocenters. The highest BCUT2D eigenvalue weighted by molar-refractivity contribution is 6.32. The number of anilines is 2. The third-order valence-electron chi connectivity index (χ3n) is 2.88. The van der Waals surface area contributed by atoms with Gasteiger partial charge in [-0.1, -0.05) is 29.3 Å². The van der Waals surface area contributed by atoms with Crippen LogP contribution >= 0.6 is 11.6 Å². The minimum atomic E-state index is -0.184. The average molecular weight is 300 g/mol. The lowest BCUT2D eigenvalue weighted by Gasteiger charge is -2.08. The lowest BCUT2D eigenvalue weighted by molar-refractivity contribution is -0.114. The van der Waals surface area contributed by atoms with Gasteiger partial charge in [-0.05, 0) is 37.3 Å². The monoisotopic (exact) mass is 299 g/mol. The van der Waals surface area contributed by atoms with Gasteiger partial charge >= 0.3 is 0 Å². The number of halogens is 1. The van der Waals surface area contributed by atoms with Crippen molar-refractivity contribution in [3.63, 3.8) is 0 Å². The molecule has 5 heteroatoms. The van der Waals surface area contributed by atoms with Gasteiger partial charge in [-0.15, -0.1) is 0 Å². The van der Waals surface area contributed by atoms with Gasteiger partial charge in [0.25, 0.3) is 0 Å². The Morgan fingerprint density at radius 3 is 2.48 bits per heavy atom. The number of rotatable bonds is 4. The Hall–Kier alpha value is -2.51. The number of nitriles is 1. The predicted molar refractivity (Wildman–Crippen MR) is 84.5 cm³/mol. The fraction of sp³-hybridized carbons (Fsp3) is 0.125. The van der Waals surface area contributed by atoms with E-state index in [1.165, 1.54) is 0 Å². The number of hydrogen-bond donors (Lipinski definition) is 2. The molecule has 0 saturated carbocycles. The van der Waals surface area contributed by atoms with Crippen molar-refractivity contribution in [3.8, 4) is 6.07 Å². The van der Waals surface area contributed by atoms with Crippen LogP contribution in [-0.4, -0.2) is 12.5 Å². The van der Waals surface area contributed by atoms with Crippen LogP contribution in [0.15, 0.2) is 42.5 Å². The van der Waals surface area contributed by atoms with Crippen molar-refractivity contribution in [2.24, 2.45) is 0 Å². The molecule has 0 aliphatic rings. The Bertz CT molecular complexity index is 690. The molecular weight excluding hydrogens is 286 g/mol. The Labute approximate surface area is 128 Å². The van der Waals surface area contributed by atoms with Gasteiger partial charge in [0.15, 0.2) is 0 Å². The molecule has 0 heterocycles. The smallest absolute Gasteiger partial charge is 0.243 e. The molecule has 1 amide bonds. The third-order valence-corrected chi connectivity index (χ3v) is 3.19. The molecule has 0 fully saturated rings. The van der Waals surface area contributed by atoms with E-state index >= 15 is 0 Å². The molecule has 2 aromatic rings. The molecule has 0 aliphatic heterocycles. The molecule has 0 aromatic heterocycles. The van der Waals surface area contributed by atoms with Crippen molar-refractivity contribution in [1.82, 2.24) is 0 Å². The number of benzene rings is 2. The van der Waals surface area contributed by atoms with Crippen LogP contribution in [0.4, 0.5) is 11.4 Å². The number of nitrogens with one attached hydrogen (secondary N) is 2. The van der Waals surface area contributed by atoms with Gasteiger partial charge in [-0.25, -0.2) is 0 Å². The maximum absolute atomic E-state index is 11.8. The summed E-state index contributed by atoms with van der Waals surface area (Å²) in [5, 5.41) is 14.9. The standard InChI is InChI=1S/C16H14ClN3O/c1-11-2-5-13(6-3-11)19-10-16(21)20-14-7-4-12(9-18)15(17)8-14/h2-8,19H,10H2,1H3,(H,20,21). The lowest BCUT2D eigenvalue weighted by Crippen LogP contribution is -2.21. The normalized spacial score (nSPS) is 9.76. The molecule has 0 saturated heterocycles. The zero-order valence-corrected chi connectivity index (χ0v) is 12.2. The van der Waals surface area contributed by atoms with Crippen LogP contribution in [0.2, 0.25) is 5.02 Å². The summed E-state index contributed by atoms with van der Waals surface area (Å²) < 4.78 is 0. The first kappa shape index (κ1) is 14.9. The van der Waals surface area contributed by atoms with Crippen LogP contribution in [-0.2, 0) is 4.79 Å². The summed E-state index contributed by atoms with van der Waals surface area (Å²) >= 11 is 5.91. The Morgan fingerprint density at radius 2 is 1.86 bits per heavy atom. The average Bonchev–Trinajstić information content (AvgIpc) is 2.47. The van der Waals surface area contributed by atoms with Gasteiger partial charge in [0.05, 0.1) is 17.1 Å². The van der Waals surface area contributed by atoms with Crippen molar-refractivity contribution in [2.75, 3.05) is 17.2 Å². The van der Waals surface area contributed by atoms with E-state index in [1.807, 2.05) is 37.3 Å². The van der Waals surface area contributed by atoms with E-state index in [-0.39, 0.29) is 12.5 Å². The highest BCUT2D eigenvalue weighted by Crippen LogP contribution is 2.20. The van der Waals surface area contributed by atoms with E-state index in [0.717, 1.165) is 11.3 Å². The predicted octanol–water partition coefficient (Wildman–Crippen LogP) is 3.57. The van der Waals surface area contributed by atoms with E-state index in [9.17, 15) is 4.79 Å². The molecule has 0 spiro atoms. The van der Waals surface area contributed by atoms with Gasteiger partial charge < -0.3 is 10.6 Å². The van der Waals surface area contributed by atoms with Crippen molar-refractivity contribution in [2.45, 2.75) is 6.92 Å². The van der Waals surface area contributed by atoms with E-state index in [2.05, 4.69) is 10.6 Å². The zero-order chi connectivity index (χ0) is 15.2. The number of carbonyl (C=O) groups is 1. The minimum Gasteiger partial charge on any atom is -0.376 e. The number of amides is 1. The van der Waals surface area contributed by atoms with Crippen molar-refractivity contribution < 1.29 is 4.79 Å². The topological polar surface area (TPSA) is 64.9 Å². The molecule has 21 heavy (non-hydrogen) atoms. The highest BCUT2D eigenvalue weighted by Gasteiger charge is 2.05. The molecule has 0 atom stereocenters. The van der Waals surface area contributed by atoms with Crippen molar-refractivity contribution in [3.05, 3.63) is 58.6 Å². The van der Waals surface area contributed by atoms with E-state index in [1.54, 1.807) is 18.2 Å². The first-order valence-electron chi connectivity index (χ1n) is 6.38. The summed E-state index contributed by atoms with van der Waals surface area (Å²) in [6.45, 7) is 2.16. The van der Waals surface area contributed by atoms with Crippen LogP contribution in [0.1, 0.15) is 11.1 Å². The van der Waals surface area contributed by atoms with E-state index in [4.69, 9.17) is 16.9 Å². The molecule has 2 rings (SSSR count). The lowest BCUT2D eigenvalue weighted by atomic mass is 10.2. The third kappa shape index (κ3) is 4.23. The molecule has 106 valence electrons. The Balaban J connectivity index is 1.91. The number of nitrogens with zero attached hydrogens (tertiary/aromatic N) is 1. The molecule has 0 aliphatic carbocycles. The van der Waals surface area contributed by atoms with Crippen LogP contribution in [0, 0.1) is 18.3 Å². The molecule has 2 aromatic carbocycles. The second kappa shape index (κ2) is 6.78. The summed E-state index contributed by atoms with van der Waals surface area (Å²) in [7, 11) is 0. The number of aryl methyl sites for hydroxylation is 1. The summed E-state index contributed by atoms with van der Waals surface area (Å²) in [5.74, 6) is -0.184. The van der Waals surface area contributed by atoms with E-state index in [0.29, 0.717) is 16.3 Å². The van der Waals surface area contributed by atoms with Gasteiger partial charge in [0.1, 0.15) is 6.07 Å². The number of hydrogen-bond acceptors (Lipinski definition) is 3. The van der Waals surface area contributed by atoms with Gasteiger partial charge in [-0.2, -0.15) is 5.26 Å². The zero-order valence-electron chi connectivity index (χ0n) is 11.5. The Morgan fingerprint density at radius 1 is 1.19 bits per heavy atom. The first-order chi connectivity index (χ1) is 10.1. The van der Waals surface area contributed by atoms with Crippen molar-refractivity contribution in [1.29, 1.82) is 5.26 Å². The summed E-state index contributed by atoms with van der Waals surface area (Å²) in [4.78, 5) is 11.8. The molecule has 0 bridgehead atoms. The van der Waals surface area contributed by atoms with Gasteiger partial charge in [-0.3, -0.25) is 4.79 Å². The molecule has 4 nitrogen and oxygen atoms in total. The molecule has 2 N–H and O–H groups in total. The second-order valence-corrected chi connectivity index (χ2v) is 4.98. The summed E-state index contributed by atoms with van der Waals surface area (Å²) in [5.41, 5.74) is 2.99. The highest BCUT2D eigenvalue weighted by atomic mass is 35.5. The largest absolute Gasteiger partial charge is 0.376 e. The maximum atomic E-state index is 11.8. The summed E-state index contributed by atoms with van der Waals surface area (Å²) in [6.07, 6.45) is 0. The fourth-order valence-corrected chi connectivity index (χ4v) is 1.97. The minimum absolute atomic E-state index is 0.153. The SMILES string of the molecule is Cc1ccc(NCC(=O)Nc2ccc(C#N)c(Cl)c2)cc1. The Kier molecular flexibility index (Phi) is 4.81. The first-order valence-corrected chi connectivity index (χ1v) is 6.76. The maximum Gasteiger partial charge on any atom is 0.243 e. The van der Waals surface area contributed by atoms with Gasteiger partial charge in [0, 0.05) is 11.4 Å². The fourth-order valence-electron chi connectivity index (χ4n) is 1.74. The van der Waals surface area contributed by atoms with Crippen LogP contribution < -0.4 is 10.6 Å².